The van der Waals surface area contributed by atoms with Gasteiger partial charge in [0.05, 0.1) is 11.1 Å². The van der Waals surface area contributed by atoms with E-state index in [0.29, 0.717) is 6.04 Å². The maximum Gasteiger partial charge on any atom is 0.290 e. The summed E-state index contributed by atoms with van der Waals surface area (Å²) < 4.78 is 0. The van der Waals surface area contributed by atoms with E-state index in [1.54, 1.807) is 17.8 Å². The van der Waals surface area contributed by atoms with Gasteiger partial charge in [-0.1, -0.05) is 41.2 Å². The molecule has 1 saturated heterocycles. The molecule has 2 aliphatic heterocycles. The Kier molecular flexibility index (Phi) is 35.7. The lowest BCUT2D eigenvalue weighted by Gasteiger charge is -2.15. The van der Waals surface area contributed by atoms with Crippen LogP contribution < -0.4 is 5.32 Å². The van der Waals surface area contributed by atoms with E-state index in [9.17, 15) is 5.11 Å². The molecule has 2 aliphatic rings. The summed E-state index contributed by atoms with van der Waals surface area (Å²) in [5.41, 5.74) is 0. The predicted molar refractivity (Wildman–Crippen MR) is 115 cm³/mol. The average molecular weight is 379 g/mol. The van der Waals surface area contributed by atoms with Crippen molar-refractivity contribution in [3.8, 4) is 0 Å². The molecule has 1 fully saturated rings. The molecule has 2 atom stereocenters. The molecule has 0 spiro atoms. The number of hydrogen-bond donors (Lipinski definition) is 3. The minimum absolute atomic E-state index is 0. The Morgan fingerprint density at radius 1 is 1.40 bits per heavy atom. The van der Waals surface area contributed by atoms with Crippen LogP contribution in [0.2, 0.25) is 0 Å². The van der Waals surface area contributed by atoms with Crippen molar-refractivity contribution in [3.63, 3.8) is 0 Å². The van der Waals surface area contributed by atoms with E-state index in [-0.39, 0.29) is 20.0 Å². The molecule has 0 radical (unpaired) electrons. The maximum atomic E-state index is 9.84. The van der Waals surface area contributed by atoms with Crippen molar-refractivity contribution in [2.45, 2.75) is 79.9 Å². The fourth-order valence-electron chi connectivity index (χ4n) is 2.07. The number of nitrogens with one attached hydrogen (secondary N) is 1. The highest BCUT2D eigenvalue weighted by Crippen LogP contribution is 2.19. The van der Waals surface area contributed by atoms with Crippen LogP contribution in [0.1, 0.15) is 67.7 Å². The van der Waals surface area contributed by atoms with Gasteiger partial charge in [-0.3, -0.25) is 9.79 Å². The second-order valence-electron chi connectivity index (χ2n) is 4.52. The van der Waals surface area contributed by atoms with Gasteiger partial charge in [0.15, 0.2) is 0 Å². The topological polar surface area (TPSA) is 81.9 Å². The summed E-state index contributed by atoms with van der Waals surface area (Å²) >= 11 is 1.80. The smallest absolute Gasteiger partial charge is 0.290 e. The van der Waals surface area contributed by atoms with Crippen LogP contribution in [0, 0.1) is 0 Å². The van der Waals surface area contributed by atoms with Crippen molar-refractivity contribution >= 4 is 23.3 Å². The lowest BCUT2D eigenvalue weighted by Crippen LogP contribution is -2.27. The molecule has 0 aromatic carbocycles. The van der Waals surface area contributed by atoms with Crippen LogP contribution in [0.25, 0.3) is 0 Å². The van der Waals surface area contributed by atoms with E-state index in [4.69, 9.17) is 9.90 Å². The standard InChI is InChI=1S/C10H18N2OS.C3H6.2C2H6.CH2O2.CH4/c13-9(6-8-2-1-3-11-8)7-10-12-4-5-14-10;1-3-2;2*1-2;2-1-3;/h8-9,11,13H,1-7H2;3H,1H2,2H3;2*1-2H3;1H,(H,2,3);1H4. The zero-order valence-corrected chi connectivity index (χ0v) is 16.9. The molecule has 2 rings (SSSR count). The number of carbonyl (C=O) groups is 1. The van der Waals surface area contributed by atoms with Crippen LogP contribution >= 0.6 is 11.8 Å². The van der Waals surface area contributed by atoms with Crippen molar-refractivity contribution in [1.82, 2.24) is 5.32 Å². The van der Waals surface area contributed by atoms with Gasteiger partial charge in [0, 0.05) is 24.8 Å². The van der Waals surface area contributed by atoms with Crippen LogP contribution in [0.3, 0.4) is 0 Å². The third kappa shape index (κ3) is 23.1. The Bertz CT molecular complexity index is 288. The number of thioether (sulfide) groups is 1. The monoisotopic (exact) mass is 378 g/mol. The Hall–Kier alpha value is -0.850. The summed E-state index contributed by atoms with van der Waals surface area (Å²) in [6.07, 6.45) is 5.68. The van der Waals surface area contributed by atoms with Gasteiger partial charge in [-0.05, 0) is 32.7 Å². The SMILES string of the molecule is C.C=CC.CC.CC.O=CO.OC(CC1=NCCS1)CC1CCCN1. The lowest BCUT2D eigenvalue weighted by atomic mass is 10.1. The van der Waals surface area contributed by atoms with E-state index >= 15 is 0 Å². The first-order chi connectivity index (χ1) is 11.7. The van der Waals surface area contributed by atoms with Gasteiger partial charge in [-0.15, -0.1) is 18.3 Å². The third-order valence-corrected chi connectivity index (χ3v) is 3.79. The summed E-state index contributed by atoms with van der Waals surface area (Å²) in [4.78, 5) is 12.7. The molecular weight excluding hydrogens is 336 g/mol. The molecule has 25 heavy (non-hydrogen) atoms. The van der Waals surface area contributed by atoms with Crippen LogP contribution in [-0.2, 0) is 4.79 Å². The zero-order chi connectivity index (χ0) is 19.2. The number of aliphatic hydroxyl groups is 1. The Labute approximate surface area is 160 Å². The molecular formula is C19H42N2O3S. The average Bonchev–Trinajstić information content (AvgIpc) is 3.27. The largest absolute Gasteiger partial charge is 0.483 e. The molecule has 5 nitrogen and oxygen atoms in total. The molecule has 2 unspecified atom stereocenters. The van der Waals surface area contributed by atoms with E-state index < -0.39 is 0 Å². The molecule has 0 aliphatic carbocycles. The van der Waals surface area contributed by atoms with Gasteiger partial charge >= 0.3 is 0 Å². The van der Waals surface area contributed by atoms with Crippen molar-refractivity contribution in [2.24, 2.45) is 4.99 Å². The number of aliphatic imine (C=N–C) groups is 1. The lowest BCUT2D eigenvalue weighted by molar-refractivity contribution is -0.122. The van der Waals surface area contributed by atoms with Crippen molar-refractivity contribution < 1.29 is 15.0 Å². The normalized spacial score (nSPS) is 17.8. The second kappa shape index (κ2) is 28.0. The molecule has 0 aromatic heterocycles. The van der Waals surface area contributed by atoms with E-state index in [1.165, 1.54) is 12.8 Å². The zero-order valence-electron chi connectivity index (χ0n) is 16.1. The van der Waals surface area contributed by atoms with Crippen LogP contribution in [-0.4, -0.2) is 52.7 Å². The summed E-state index contributed by atoms with van der Waals surface area (Å²) in [6, 6.07) is 0.539. The Morgan fingerprint density at radius 2 is 1.92 bits per heavy atom. The van der Waals surface area contributed by atoms with Crippen LogP contribution in [0.15, 0.2) is 17.6 Å². The van der Waals surface area contributed by atoms with Crippen molar-refractivity contribution in [2.75, 3.05) is 18.8 Å². The minimum atomic E-state index is -0.250. The predicted octanol–water partition coefficient (Wildman–Crippen LogP) is 4.61. The van der Waals surface area contributed by atoms with E-state index in [0.717, 1.165) is 36.7 Å². The Balaban J connectivity index is -0.000000171. The van der Waals surface area contributed by atoms with Crippen molar-refractivity contribution in [1.29, 1.82) is 0 Å². The minimum Gasteiger partial charge on any atom is -0.483 e. The van der Waals surface area contributed by atoms with Crippen LogP contribution in [0.4, 0.5) is 0 Å². The highest BCUT2D eigenvalue weighted by Gasteiger charge is 2.20. The molecule has 3 N–H and O–H groups in total. The molecule has 2 heterocycles. The fraction of sp³-hybridized carbons (Fsp3) is 0.789. The number of allylic oxidation sites excluding steroid dienone is 1. The third-order valence-electron chi connectivity index (χ3n) is 2.78. The summed E-state index contributed by atoms with van der Waals surface area (Å²) in [5.74, 6) is 1.10. The van der Waals surface area contributed by atoms with Gasteiger partial charge in [-0.25, -0.2) is 0 Å². The van der Waals surface area contributed by atoms with Gasteiger partial charge in [0.2, 0.25) is 0 Å². The quantitative estimate of drug-likeness (QED) is 0.492. The van der Waals surface area contributed by atoms with E-state index in [2.05, 4.69) is 16.9 Å². The molecule has 0 aromatic rings. The number of aliphatic hydroxyl groups excluding tert-OH is 1. The first-order valence-electron chi connectivity index (χ1n) is 8.90. The van der Waals surface area contributed by atoms with Crippen LogP contribution in [0.5, 0.6) is 0 Å². The Morgan fingerprint density at radius 3 is 2.28 bits per heavy atom. The molecule has 152 valence electrons. The van der Waals surface area contributed by atoms with Gasteiger partial charge in [0.1, 0.15) is 0 Å². The van der Waals surface area contributed by atoms with Gasteiger partial charge in [-0.2, -0.15) is 0 Å². The van der Waals surface area contributed by atoms with Gasteiger partial charge < -0.3 is 15.5 Å². The van der Waals surface area contributed by atoms with Gasteiger partial charge in [0.25, 0.3) is 6.47 Å². The summed E-state index contributed by atoms with van der Waals surface area (Å²) in [7, 11) is 0. The highest BCUT2D eigenvalue weighted by atomic mass is 32.2. The second-order valence-corrected chi connectivity index (χ2v) is 5.69. The molecule has 0 amide bonds. The number of rotatable bonds is 4. The molecule has 0 bridgehead atoms. The summed E-state index contributed by atoms with van der Waals surface area (Å²) in [5, 5.41) is 21.3. The number of hydrogen-bond acceptors (Lipinski definition) is 5. The fourth-order valence-corrected chi connectivity index (χ4v) is 2.99. The summed E-state index contributed by atoms with van der Waals surface area (Å²) in [6.45, 7) is 15.1. The van der Waals surface area contributed by atoms with Crippen molar-refractivity contribution in [3.05, 3.63) is 12.7 Å². The van der Waals surface area contributed by atoms with E-state index in [1.807, 2.05) is 34.6 Å². The first-order valence-corrected chi connectivity index (χ1v) is 9.88. The molecule has 0 saturated carbocycles. The number of carboxylic acid groups (broad SMARTS) is 1. The number of nitrogens with zero attached hydrogens (tertiary/aromatic N) is 1. The highest BCUT2D eigenvalue weighted by molar-refractivity contribution is 8.14. The molecule has 6 heteroatoms. The first kappa shape index (κ1) is 31.9. The maximum absolute atomic E-state index is 9.84.